The van der Waals surface area contributed by atoms with E-state index in [0.29, 0.717) is 0 Å². The molecular weight excluding hydrogens is 164 g/mol. The van der Waals surface area contributed by atoms with Crippen LogP contribution < -0.4 is 0 Å². The molecule has 54 valence electrons. The average molecular weight is 166 g/mol. The van der Waals surface area contributed by atoms with E-state index in [1.807, 2.05) is 0 Å². The van der Waals surface area contributed by atoms with E-state index in [4.69, 9.17) is 11.6 Å². The summed E-state index contributed by atoms with van der Waals surface area (Å²) >= 11 is 5.18. The van der Waals surface area contributed by atoms with Gasteiger partial charge < -0.3 is 0 Å². The first-order valence-corrected chi connectivity index (χ1v) is 2.87. The second-order valence-electron chi connectivity index (χ2n) is 1.42. The van der Waals surface area contributed by atoms with Crippen molar-refractivity contribution in [3.8, 4) is 0 Å². The fourth-order valence-corrected chi connectivity index (χ4v) is 0.543. The third-order valence-electron chi connectivity index (χ3n) is 0.747. The lowest BCUT2D eigenvalue weighted by atomic mass is 10.7. The maximum Gasteiger partial charge on any atom is 0.314 e. The van der Waals surface area contributed by atoms with Gasteiger partial charge in [0.1, 0.15) is 0 Å². The largest absolute Gasteiger partial charge is 0.314 e. The van der Waals surface area contributed by atoms with Crippen molar-refractivity contribution in [2.24, 2.45) is 0 Å². The molecule has 1 aromatic heterocycles. The van der Waals surface area contributed by atoms with Crippen LogP contribution in [0.25, 0.3) is 0 Å². The molecular formula is C4H2ClF2N3. The first kappa shape index (κ1) is 7.27. The first-order chi connectivity index (χ1) is 4.72. The smallest absolute Gasteiger partial charge is 0.186 e. The summed E-state index contributed by atoms with van der Waals surface area (Å²) in [6.07, 6.45) is -2.30. The minimum atomic E-state index is -1.15. The Labute approximate surface area is 60.1 Å². The van der Waals surface area contributed by atoms with Gasteiger partial charge in [-0.1, -0.05) is 0 Å². The van der Waals surface area contributed by atoms with Crippen LogP contribution in [0.3, 0.4) is 0 Å². The van der Waals surface area contributed by atoms with Crippen LogP contribution in [0.15, 0.2) is 0 Å². The van der Waals surface area contributed by atoms with Crippen LogP contribution in [0.1, 0.15) is 5.82 Å². The van der Waals surface area contributed by atoms with E-state index in [2.05, 4.69) is 15.0 Å². The van der Waals surface area contributed by atoms with E-state index in [1.165, 1.54) is 0 Å². The zero-order valence-corrected chi connectivity index (χ0v) is 5.44. The summed E-state index contributed by atoms with van der Waals surface area (Å²) in [5, 5.41) is 0. The van der Waals surface area contributed by atoms with Crippen molar-refractivity contribution in [1.82, 2.24) is 15.0 Å². The number of aromatic nitrogens is 3. The zero-order chi connectivity index (χ0) is 7.56. The van der Waals surface area contributed by atoms with Gasteiger partial charge in [0.05, 0.1) is 5.88 Å². The van der Waals surface area contributed by atoms with Gasteiger partial charge in [-0.2, -0.15) is 23.7 Å². The highest BCUT2D eigenvalue weighted by Crippen LogP contribution is 1.96. The number of alkyl halides is 1. The summed E-state index contributed by atoms with van der Waals surface area (Å²) in [6.45, 7) is 0. The molecule has 0 saturated carbocycles. The predicted octanol–water partition coefficient (Wildman–Crippen LogP) is 0.889. The van der Waals surface area contributed by atoms with Crippen LogP contribution in [0.4, 0.5) is 8.78 Å². The lowest BCUT2D eigenvalue weighted by molar-refractivity contribution is 0.447. The maximum atomic E-state index is 12.1. The van der Waals surface area contributed by atoms with Crippen LogP contribution >= 0.6 is 11.6 Å². The summed E-state index contributed by atoms with van der Waals surface area (Å²) in [5.41, 5.74) is 0. The predicted molar refractivity (Wildman–Crippen MR) is 29.3 cm³/mol. The third-order valence-corrected chi connectivity index (χ3v) is 0.986. The highest BCUT2D eigenvalue weighted by atomic mass is 35.5. The van der Waals surface area contributed by atoms with Crippen LogP contribution in [0.5, 0.6) is 0 Å². The van der Waals surface area contributed by atoms with Crippen molar-refractivity contribution < 1.29 is 8.78 Å². The van der Waals surface area contributed by atoms with Gasteiger partial charge >= 0.3 is 12.2 Å². The normalized spacial score (nSPS) is 9.90. The van der Waals surface area contributed by atoms with Crippen molar-refractivity contribution in [3.63, 3.8) is 0 Å². The molecule has 0 amide bonds. The Morgan fingerprint density at radius 2 is 1.60 bits per heavy atom. The molecule has 10 heavy (non-hydrogen) atoms. The second-order valence-corrected chi connectivity index (χ2v) is 1.69. The SMILES string of the molecule is Fc1nc(F)nc(CCl)n1. The van der Waals surface area contributed by atoms with E-state index in [1.54, 1.807) is 0 Å². The monoisotopic (exact) mass is 165 g/mol. The Bertz CT molecular complexity index is 222. The van der Waals surface area contributed by atoms with E-state index in [0.717, 1.165) is 0 Å². The molecule has 0 bridgehead atoms. The van der Waals surface area contributed by atoms with Gasteiger partial charge in [0.15, 0.2) is 5.82 Å². The summed E-state index contributed by atoms with van der Waals surface area (Å²) < 4.78 is 24.1. The molecule has 0 aliphatic rings. The lowest BCUT2D eigenvalue weighted by Gasteiger charge is -1.91. The number of hydrogen-bond donors (Lipinski definition) is 0. The molecule has 0 aliphatic heterocycles. The van der Waals surface area contributed by atoms with Gasteiger partial charge in [0, 0.05) is 0 Å². The first-order valence-electron chi connectivity index (χ1n) is 2.34. The Hall–Kier alpha value is -0.840. The summed E-state index contributed by atoms with van der Waals surface area (Å²) in [7, 11) is 0. The molecule has 0 spiro atoms. The fourth-order valence-electron chi connectivity index (χ4n) is 0.424. The molecule has 0 unspecified atom stereocenters. The number of hydrogen-bond acceptors (Lipinski definition) is 3. The van der Waals surface area contributed by atoms with Crippen LogP contribution in [-0.4, -0.2) is 15.0 Å². The number of rotatable bonds is 1. The van der Waals surface area contributed by atoms with Gasteiger partial charge in [0.25, 0.3) is 0 Å². The quantitative estimate of drug-likeness (QED) is 0.580. The van der Waals surface area contributed by atoms with E-state index in [9.17, 15) is 8.78 Å². The van der Waals surface area contributed by atoms with E-state index < -0.39 is 12.2 Å². The van der Waals surface area contributed by atoms with Crippen LogP contribution in [-0.2, 0) is 5.88 Å². The molecule has 6 heteroatoms. The second kappa shape index (κ2) is 2.83. The maximum absolute atomic E-state index is 12.1. The highest BCUT2D eigenvalue weighted by molar-refractivity contribution is 6.16. The Balaban J connectivity index is 3.06. The molecule has 0 fully saturated rings. The molecule has 0 aliphatic carbocycles. The molecule has 1 rings (SSSR count). The van der Waals surface area contributed by atoms with Gasteiger partial charge in [-0.3, -0.25) is 0 Å². The summed E-state index contributed by atoms with van der Waals surface area (Å²) in [4.78, 5) is 8.85. The molecule has 0 radical (unpaired) electrons. The zero-order valence-electron chi connectivity index (χ0n) is 4.68. The topological polar surface area (TPSA) is 38.7 Å². The number of nitrogens with zero attached hydrogens (tertiary/aromatic N) is 3. The van der Waals surface area contributed by atoms with Crippen molar-refractivity contribution in [2.45, 2.75) is 5.88 Å². The van der Waals surface area contributed by atoms with Gasteiger partial charge in [-0.15, -0.1) is 11.6 Å². The summed E-state index contributed by atoms with van der Waals surface area (Å²) in [6, 6.07) is 0. The van der Waals surface area contributed by atoms with E-state index >= 15 is 0 Å². The molecule has 0 N–H and O–H groups in total. The Morgan fingerprint density at radius 3 is 2.00 bits per heavy atom. The van der Waals surface area contributed by atoms with Gasteiger partial charge in [-0.25, -0.2) is 0 Å². The average Bonchev–Trinajstić information content (AvgIpc) is 1.85. The fraction of sp³-hybridized carbons (Fsp3) is 0.250. The van der Waals surface area contributed by atoms with Gasteiger partial charge in [0.2, 0.25) is 0 Å². The highest BCUT2D eigenvalue weighted by Gasteiger charge is 2.02. The van der Waals surface area contributed by atoms with Gasteiger partial charge in [-0.05, 0) is 0 Å². The Kier molecular flexibility index (Phi) is 2.06. The minimum Gasteiger partial charge on any atom is -0.186 e. The van der Waals surface area contributed by atoms with Crippen molar-refractivity contribution in [3.05, 3.63) is 18.0 Å². The van der Waals surface area contributed by atoms with Crippen molar-refractivity contribution in [1.29, 1.82) is 0 Å². The molecule has 0 atom stereocenters. The molecule has 0 saturated heterocycles. The minimum absolute atomic E-state index is 0.105. The van der Waals surface area contributed by atoms with Crippen molar-refractivity contribution in [2.75, 3.05) is 0 Å². The van der Waals surface area contributed by atoms with Crippen molar-refractivity contribution >= 4 is 11.6 Å². The molecule has 3 nitrogen and oxygen atoms in total. The van der Waals surface area contributed by atoms with Crippen LogP contribution in [0.2, 0.25) is 0 Å². The standard InChI is InChI=1S/C4H2ClF2N3/c5-1-2-8-3(6)10-4(7)9-2/h1H2. The molecule has 0 aromatic carbocycles. The lowest BCUT2D eigenvalue weighted by Crippen LogP contribution is -2.01. The number of halogens is 3. The molecule has 1 aromatic rings. The molecule has 1 heterocycles. The van der Waals surface area contributed by atoms with Crippen LogP contribution in [0, 0.1) is 12.2 Å². The Morgan fingerprint density at radius 1 is 1.10 bits per heavy atom. The van der Waals surface area contributed by atoms with E-state index in [-0.39, 0.29) is 11.7 Å². The third kappa shape index (κ3) is 1.57. The summed E-state index contributed by atoms with van der Waals surface area (Å²) in [5.74, 6) is -0.234.